The lowest BCUT2D eigenvalue weighted by atomic mass is 9.85. The van der Waals surface area contributed by atoms with E-state index in [1.807, 2.05) is 18.2 Å². The summed E-state index contributed by atoms with van der Waals surface area (Å²) < 4.78 is 24.6. The molecule has 5 nitrogen and oxygen atoms in total. The molecular weight excluding hydrogens is 323 g/mol. The van der Waals surface area contributed by atoms with Gasteiger partial charge in [-0.3, -0.25) is 4.90 Å². The minimum Gasteiger partial charge on any atom is -0.497 e. The zero-order chi connectivity index (χ0) is 17.9. The lowest BCUT2D eigenvalue weighted by Gasteiger charge is -2.38. The van der Waals surface area contributed by atoms with Gasteiger partial charge in [-0.05, 0) is 25.0 Å². The monoisotopic (exact) mass is 346 g/mol. The molecule has 0 amide bonds. The molecule has 1 N–H and O–H groups in total. The second kappa shape index (κ2) is 7.37. The van der Waals surface area contributed by atoms with Gasteiger partial charge in [-0.1, -0.05) is 12.1 Å². The van der Waals surface area contributed by atoms with E-state index in [9.17, 15) is 9.50 Å². The van der Waals surface area contributed by atoms with Crippen LogP contribution < -0.4 is 9.47 Å². The fourth-order valence-corrected chi connectivity index (χ4v) is 3.31. The Hall–Kier alpha value is -2.18. The van der Waals surface area contributed by atoms with Crippen molar-refractivity contribution in [2.75, 3.05) is 27.3 Å². The average molecular weight is 346 g/mol. The van der Waals surface area contributed by atoms with Crippen molar-refractivity contribution in [2.24, 2.45) is 0 Å². The number of piperidine rings is 1. The molecule has 1 fully saturated rings. The van der Waals surface area contributed by atoms with Gasteiger partial charge in [0.15, 0.2) is 0 Å². The van der Waals surface area contributed by atoms with Crippen molar-refractivity contribution in [3.63, 3.8) is 0 Å². The first-order valence-electron chi connectivity index (χ1n) is 8.32. The third-order valence-electron chi connectivity index (χ3n) is 4.83. The summed E-state index contributed by atoms with van der Waals surface area (Å²) in [5.41, 5.74) is 0.191. The van der Waals surface area contributed by atoms with Gasteiger partial charge in [0.2, 0.25) is 5.95 Å². The fraction of sp³-hybridized carbons (Fsp3) is 0.421. The van der Waals surface area contributed by atoms with Crippen molar-refractivity contribution in [1.29, 1.82) is 0 Å². The molecule has 0 unspecified atom stereocenters. The van der Waals surface area contributed by atoms with Crippen LogP contribution in [0.2, 0.25) is 0 Å². The first-order valence-corrected chi connectivity index (χ1v) is 8.32. The Morgan fingerprint density at radius 2 is 1.96 bits per heavy atom. The largest absolute Gasteiger partial charge is 0.497 e. The molecule has 0 aliphatic carbocycles. The maximum atomic E-state index is 13.9. The number of hydrogen-bond acceptors (Lipinski definition) is 5. The van der Waals surface area contributed by atoms with E-state index in [-0.39, 0.29) is 5.56 Å². The van der Waals surface area contributed by atoms with Crippen LogP contribution in [-0.4, -0.2) is 42.3 Å². The van der Waals surface area contributed by atoms with Crippen molar-refractivity contribution < 1.29 is 19.0 Å². The number of aliphatic hydroxyl groups is 1. The summed E-state index contributed by atoms with van der Waals surface area (Å²) in [6.07, 6.45) is 2.33. The number of methoxy groups -OCH3 is 2. The van der Waals surface area contributed by atoms with E-state index in [0.29, 0.717) is 32.5 Å². The van der Waals surface area contributed by atoms with Gasteiger partial charge >= 0.3 is 0 Å². The summed E-state index contributed by atoms with van der Waals surface area (Å²) in [6.45, 7) is 2.04. The zero-order valence-electron chi connectivity index (χ0n) is 14.5. The van der Waals surface area contributed by atoms with Crippen molar-refractivity contribution in [2.45, 2.75) is 25.0 Å². The first kappa shape index (κ1) is 17.6. The molecule has 1 aromatic carbocycles. The highest BCUT2D eigenvalue weighted by atomic mass is 19.1. The molecule has 0 spiro atoms. The van der Waals surface area contributed by atoms with Crippen molar-refractivity contribution >= 4 is 0 Å². The molecule has 134 valence electrons. The number of aromatic nitrogens is 1. The minimum absolute atomic E-state index is 0.289. The van der Waals surface area contributed by atoms with Crippen LogP contribution in [0, 0.1) is 5.95 Å². The predicted octanol–water partition coefficient (Wildman–Crippen LogP) is 2.72. The van der Waals surface area contributed by atoms with Crippen LogP contribution in [0.15, 0.2) is 36.5 Å². The molecule has 25 heavy (non-hydrogen) atoms. The molecule has 3 rings (SSSR count). The summed E-state index contributed by atoms with van der Waals surface area (Å²) in [6, 6.07) is 9.03. The number of hydrogen-bond donors (Lipinski definition) is 1. The highest BCUT2D eigenvalue weighted by Crippen LogP contribution is 2.35. The van der Waals surface area contributed by atoms with Gasteiger partial charge in [-0.15, -0.1) is 0 Å². The summed E-state index contributed by atoms with van der Waals surface area (Å²) in [7, 11) is 3.26. The maximum absolute atomic E-state index is 13.9. The highest BCUT2D eigenvalue weighted by molar-refractivity contribution is 5.40. The van der Waals surface area contributed by atoms with E-state index in [4.69, 9.17) is 9.47 Å². The van der Waals surface area contributed by atoms with Gasteiger partial charge in [0.05, 0.1) is 19.8 Å². The lowest BCUT2D eigenvalue weighted by Crippen LogP contribution is -2.42. The van der Waals surface area contributed by atoms with E-state index in [1.165, 1.54) is 6.20 Å². The Labute approximate surface area is 147 Å². The summed E-state index contributed by atoms with van der Waals surface area (Å²) in [4.78, 5) is 5.89. The Balaban J connectivity index is 1.68. The summed E-state index contributed by atoms with van der Waals surface area (Å²) in [5, 5.41) is 10.8. The Morgan fingerprint density at radius 1 is 1.20 bits per heavy atom. The molecule has 0 atom stereocenters. The number of rotatable bonds is 5. The Morgan fingerprint density at radius 3 is 2.60 bits per heavy atom. The number of likely N-dealkylation sites (tertiary alicyclic amines) is 1. The molecule has 2 aromatic rings. The van der Waals surface area contributed by atoms with Gasteiger partial charge in [0.1, 0.15) is 11.5 Å². The summed E-state index contributed by atoms with van der Waals surface area (Å²) >= 11 is 0. The van der Waals surface area contributed by atoms with Crippen molar-refractivity contribution in [3.05, 3.63) is 53.6 Å². The Bertz CT molecular complexity index is 730. The molecule has 1 saturated heterocycles. The quantitative estimate of drug-likeness (QED) is 0.844. The van der Waals surface area contributed by atoms with Crippen LogP contribution >= 0.6 is 0 Å². The summed E-state index contributed by atoms with van der Waals surface area (Å²) in [5.74, 6) is 0.939. The fourth-order valence-electron chi connectivity index (χ4n) is 3.31. The van der Waals surface area contributed by atoms with E-state index < -0.39 is 11.5 Å². The maximum Gasteiger partial charge on any atom is 0.218 e. The molecule has 1 aromatic heterocycles. The number of halogens is 1. The molecule has 2 heterocycles. The molecule has 1 aliphatic heterocycles. The van der Waals surface area contributed by atoms with Crippen LogP contribution in [0.4, 0.5) is 4.39 Å². The van der Waals surface area contributed by atoms with Gasteiger partial charge in [-0.2, -0.15) is 4.39 Å². The molecule has 0 bridgehead atoms. The number of nitrogens with zero attached hydrogens (tertiary/aromatic N) is 2. The van der Waals surface area contributed by atoms with Crippen molar-refractivity contribution in [1.82, 2.24) is 9.88 Å². The molecule has 0 radical (unpaired) electrons. The number of benzene rings is 1. The van der Waals surface area contributed by atoms with Gasteiger partial charge in [0, 0.05) is 43.0 Å². The second-order valence-electron chi connectivity index (χ2n) is 6.33. The van der Waals surface area contributed by atoms with Crippen LogP contribution in [0.1, 0.15) is 24.0 Å². The molecule has 6 heteroatoms. The van der Waals surface area contributed by atoms with E-state index in [1.54, 1.807) is 26.4 Å². The number of ether oxygens (including phenoxy) is 2. The first-order chi connectivity index (χ1) is 12.1. The topological polar surface area (TPSA) is 54.8 Å². The Kier molecular flexibility index (Phi) is 5.20. The molecule has 1 aliphatic rings. The average Bonchev–Trinajstić information content (AvgIpc) is 2.64. The standard InChI is InChI=1S/C19H23FN2O3/c1-24-15-6-5-14(17(12-15)25-2)13-22-10-7-19(23,8-11-22)16-4-3-9-21-18(16)20/h3-6,9,12,23H,7-8,10-11,13H2,1-2H3. The normalized spacial score (nSPS) is 17.3. The van der Waals surface area contributed by atoms with Crippen LogP contribution in [0.3, 0.4) is 0 Å². The van der Waals surface area contributed by atoms with Gasteiger partial charge in [0.25, 0.3) is 0 Å². The van der Waals surface area contributed by atoms with Crippen molar-refractivity contribution in [3.8, 4) is 11.5 Å². The second-order valence-corrected chi connectivity index (χ2v) is 6.33. The van der Waals surface area contributed by atoms with E-state index >= 15 is 0 Å². The third kappa shape index (κ3) is 3.75. The van der Waals surface area contributed by atoms with Crippen LogP contribution in [0.25, 0.3) is 0 Å². The molecule has 0 saturated carbocycles. The zero-order valence-corrected chi connectivity index (χ0v) is 14.5. The number of pyridine rings is 1. The van der Waals surface area contributed by atoms with Crippen LogP contribution in [-0.2, 0) is 12.1 Å². The van der Waals surface area contributed by atoms with Gasteiger partial charge in [-0.25, -0.2) is 4.98 Å². The molecular formula is C19H23FN2O3. The van der Waals surface area contributed by atoms with E-state index in [2.05, 4.69) is 9.88 Å². The SMILES string of the molecule is COc1ccc(CN2CCC(O)(c3cccnc3F)CC2)c(OC)c1. The minimum atomic E-state index is -1.15. The predicted molar refractivity (Wildman–Crippen MR) is 92.1 cm³/mol. The highest BCUT2D eigenvalue weighted by Gasteiger charge is 2.36. The van der Waals surface area contributed by atoms with E-state index in [0.717, 1.165) is 17.1 Å². The van der Waals surface area contributed by atoms with Crippen LogP contribution in [0.5, 0.6) is 11.5 Å². The smallest absolute Gasteiger partial charge is 0.218 e. The third-order valence-corrected chi connectivity index (χ3v) is 4.83. The van der Waals surface area contributed by atoms with Gasteiger partial charge < -0.3 is 14.6 Å². The lowest BCUT2D eigenvalue weighted by molar-refractivity contribution is -0.0308.